The Morgan fingerprint density at radius 3 is 2.51 bits per heavy atom. The van der Waals surface area contributed by atoms with Gasteiger partial charge in [0, 0.05) is 11.9 Å². The van der Waals surface area contributed by atoms with Gasteiger partial charge in [0.25, 0.3) is 5.91 Å². The van der Waals surface area contributed by atoms with E-state index in [0.717, 1.165) is 11.5 Å². The Morgan fingerprint density at radius 1 is 1.15 bits per heavy atom. The van der Waals surface area contributed by atoms with Crippen molar-refractivity contribution in [3.63, 3.8) is 0 Å². The zero-order valence-electron chi connectivity index (χ0n) is 23.5. The molecule has 2 aromatic rings. The number of carbonyl (C=O) groups is 5. The van der Waals surface area contributed by atoms with E-state index in [0.29, 0.717) is 18.4 Å². The van der Waals surface area contributed by atoms with Crippen LogP contribution in [0.5, 0.6) is 0 Å². The van der Waals surface area contributed by atoms with Crippen molar-refractivity contribution < 1.29 is 33.8 Å². The van der Waals surface area contributed by atoms with Crippen LogP contribution in [0, 0.1) is 5.41 Å². The number of rotatable bonds is 10. The highest BCUT2D eigenvalue weighted by atomic mass is 35.5. The van der Waals surface area contributed by atoms with E-state index in [-0.39, 0.29) is 23.9 Å². The molecule has 1 aliphatic heterocycles. The molecule has 1 fully saturated rings. The average Bonchev–Trinajstić information content (AvgIpc) is 3.40. The number of carboxylic acids is 1. The van der Waals surface area contributed by atoms with Crippen LogP contribution < -0.4 is 10.6 Å². The second-order valence-corrected chi connectivity index (χ2v) is 11.2. The minimum absolute atomic E-state index is 0.0698. The highest BCUT2D eigenvalue weighted by molar-refractivity contribution is 6.41. The van der Waals surface area contributed by atoms with Crippen molar-refractivity contribution >= 4 is 52.2 Å². The maximum absolute atomic E-state index is 13.8. The molecule has 3 N–H and O–H groups in total. The number of amides is 3. The second-order valence-electron chi connectivity index (χ2n) is 10.8. The van der Waals surface area contributed by atoms with Crippen molar-refractivity contribution in [1.82, 2.24) is 20.5 Å². The number of para-hydroxylation sites is 1. The predicted molar refractivity (Wildman–Crippen MR) is 152 cm³/mol. The number of carboxylic acid groups (broad SMARTS) is 1. The minimum Gasteiger partial charge on any atom is -0.481 e. The molecule has 3 amide bonds. The van der Waals surface area contributed by atoms with Crippen molar-refractivity contribution in [2.45, 2.75) is 65.1 Å². The summed E-state index contributed by atoms with van der Waals surface area (Å²) < 4.78 is 4.81. The van der Waals surface area contributed by atoms with Gasteiger partial charge in [-0.05, 0) is 43.4 Å². The first-order valence-electron chi connectivity index (χ1n) is 13.4. The van der Waals surface area contributed by atoms with Gasteiger partial charge in [-0.1, -0.05) is 56.6 Å². The first kappa shape index (κ1) is 31.5. The van der Waals surface area contributed by atoms with Crippen LogP contribution in [0.25, 0.3) is 10.9 Å². The number of aromatic nitrogens is 1. The number of hydrogen-bond donors (Lipinski definition) is 3. The molecule has 1 aromatic heterocycles. The van der Waals surface area contributed by atoms with E-state index in [1.807, 2.05) is 18.2 Å². The molecular formula is C29H35ClN4O7. The third-order valence-electron chi connectivity index (χ3n) is 6.60. The summed E-state index contributed by atoms with van der Waals surface area (Å²) in [4.78, 5) is 69.4. The molecule has 0 saturated carbocycles. The van der Waals surface area contributed by atoms with Crippen molar-refractivity contribution in [3.05, 3.63) is 53.2 Å². The van der Waals surface area contributed by atoms with Gasteiger partial charge in [0.1, 0.15) is 22.8 Å². The number of benzene rings is 1. The summed E-state index contributed by atoms with van der Waals surface area (Å²) in [7, 11) is 0. The van der Waals surface area contributed by atoms with Gasteiger partial charge in [-0.2, -0.15) is 0 Å². The van der Waals surface area contributed by atoms with Gasteiger partial charge in [-0.25, -0.2) is 9.78 Å². The quantitative estimate of drug-likeness (QED) is 0.283. The molecule has 0 spiro atoms. The maximum atomic E-state index is 13.8. The zero-order chi connectivity index (χ0) is 30.3. The zero-order valence-corrected chi connectivity index (χ0v) is 24.2. The van der Waals surface area contributed by atoms with Crippen molar-refractivity contribution in [2.24, 2.45) is 5.41 Å². The van der Waals surface area contributed by atoms with Gasteiger partial charge in [-0.15, -0.1) is 0 Å². The standard InChI is InChI=1S/C29H35ClN4O7/c1-5-41-28(40)19(30)15-18(16-23(35)36)31-26(38)22-11-8-14-34(22)27(39)24(29(2,3)4)33-25(37)21-13-12-17-9-6-7-10-20(17)32-21/h6-7,9-10,12-13,15,18,22,24H,5,8,11,14,16H2,1-4H3,(H,31,38)(H,33,37)(H,35,36)/t18-,22-,24-/m1/s1. The number of nitrogens with zero attached hydrogens (tertiary/aromatic N) is 2. The summed E-state index contributed by atoms with van der Waals surface area (Å²) >= 11 is 5.97. The molecule has 0 bridgehead atoms. The average molecular weight is 587 g/mol. The van der Waals surface area contributed by atoms with Gasteiger partial charge >= 0.3 is 11.9 Å². The minimum atomic E-state index is -1.22. The van der Waals surface area contributed by atoms with E-state index in [1.165, 1.54) is 4.90 Å². The summed E-state index contributed by atoms with van der Waals surface area (Å²) in [6, 6.07) is 7.72. The topological polar surface area (TPSA) is 155 Å². The second kappa shape index (κ2) is 13.6. The van der Waals surface area contributed by atoms with Crippen LogP contribution in [0.3, 0.4) is 0 Å². The summed E-state index contributed by atoms with van der Waals surface area (Å²) in [6.45, 7) is 7.35. The lowest BCUT2D eigenvalue weighted by molar-refractivity contribution is -0.142. The number of esters is 1. The number of fused-ring (bicyclic) bond motifs is 1. The van der Waals surface area contributed by atoms with Gasteiger partial charge in [0.15, 0.2) is 0 Å². The SMILES string of the molecule is CCOC(=O)C(Cl)=C[C@H](CC(=O)O)NC(=O)[C@H]1CCCN1C(=O)[C@@H](NC(=O)c1ccc2ccccc2n1)C(C)(C)C. The summed E-state index contributed by atoms with van der Waals surface area (Å²) in [5.41, 5.74) is 0.0842. The third kappa shape index (κ3) is 8.26. The van der Waals surface area contributed by atoms with Crippen LogP contribution in [0.15, 0.2) is 47.5 Å². The van der Waals surface area contributed by atoms with Crippen molar-refractivity contribution in [3.8, 4) is 0 Å². The molecular weight excluding hydrogens is 552 g/mol. The molecule has 220 valence electrons. The fraction of sp³-hybridized carbons (Fsp3) is 0.448. The maximum Gasteiger partial charge on any atom is 0.349 e. The van der Waals surface area contributed by atoms with Crippen LogP contribution in [0.1, 0.15) is 57.4 Å². The summed E-state index contributed by atoms with van der Waals surface area (Å²) in [6.07, 6.45) is 1.44. The fourth-order valence-corrected chi connectivity index (χ4v) is 4.79. The number of pyridine rings is 1. The van der Waals surface area contributed by atoms with Crippen molar-refractivity contribution in [2.75, 3.05) is 13.2 Å². The Balaban J connectivity index is 1.79. The molecule has 2 heterocycles. The largest absolute Gasteiger partial charge is 0.481 e. The molecule has 41 heavy (non-hydrogen) atoms. The molecule has 1 aliphatic rings. The third-order valence-corrected chi connectivity index (χ3v) is 6.88. The van der Waals surface area contributed by atoms with E-state index in [2.05, 4.69) is 15.6 Å². The molecule has 0 aliphatic carbocycles. The van der Waals surface area contributed by atoms with Gasteiger partial charge < -0.3 is 25.4 Å². The first-order valence-corrected chi connectivity index (χ1v) is 13.7. The lowest BCUT2D eigenvalue weighted by atomic mass is 9.85. The molecule has 1 aromatic carbocycles. The number of nitrogens with one attached hydrogen (secondary N) is 2. The highest BCUT2D eigenvalue weighted by Crippen LogP contribution is 2.26. The predicted octanol–water partition coefficient (Wildman–Crippen LogP) is 3.02. The number of hydrogen-bond acceptors (Lipinski definition) is 7. The molecule has 3 atom stereocenters. The normalized spacial score (nSPS) is 17.0. The van der Waals surface area contributed by atoms with Crippen LogP contribution in [-0.2, 0) is 23.9 Å². The van der Waals surface area contributed by atoms with E-state index >= 15 is 0 Å². The smallest absolute Gasteiger partial charge is 0.349 e. The number of halogens is 1. The molecule has 1 saturated heterocycles. The number of likely N-dealkylation sites (tertiary alicyclic amines) is 1. The first-order chi connectivity index (χ1) is 19.3. The molecule has 11 nitrogen and oxygen atoms in total. The van der Waals surface area contributed by atoms with Crippen molar-refractivity contribution in [1.29, 1.82) is 0 Å². The van der Waals surface area contributed by atoms with Crippen LogP contribution in [0.4, 0.5) is 0 Å². The van der Waals surface area contributed by atoms with Crippen LogP contribution in [-0.4, -0.2) is 75.9 Å². The molecule has 0 radical (unpaired) electrons. The monoisotopic (exact) mass is 586 g/mol. The van der Waals surface area contributed by atoms with Crippen LogP contribution in [0.2, 0.25) is 0 Å². The molecule has 0 unspecified atom stereocenters. The number of ether oxygens (including phenoxy) is 1. The molecule has 3 rings (SSSR count). The Hall–Kier alpha value is -3.99. The van der Waals surface area contributed by atoms with Crippen LogP contribution >= 0.6 is 11.6 Å². The highest BCUT2D eigenvalue weighted by Gasteiger charge is 2.42. The summed E-state index contributed by atoms with van der Waals surface area (Å²) in [5.74, 6) is -3.64. The van der Waals surface area contributed by atoms with E-state index < -0.39 is 59.6 Å². The Bertz CT molecular complexity index is 1350. The van der Waals surface area contributed by atoms with E-state index in [1.54, 1.807) is 45.9 Å². The van der Waals surface area contributed by atoms with E-state index in [9.17, 15) is 29.1 Å². The van der Waals surface area contributed by atoms with E-state index in [4.69, 9.17) is 16.3 Å². The number of carbonyl (C=O) groups excluding carboxylic acids is 4. The van der Waals surface area contributed by atoms with Gasteiger partial charge in [-0.3, -0.25) is 19.2 Å². The molecule has 12 heteroatoms. The lowest BCUT2D eigenvalue weighted by Gasteiger charge is -2.35. The summed E-state index contributed by atoms with van der Waals surface area (Å²) in [5, 5.41) is 15.2. The Morgan fingerprint density at radius 2 is 1.85 bits per heavy atom. The van der Waals surface area contributed by atoms with Gasteiger partial charge in [0.2, 0.25) is 11.8 Å². The Labute approximate surface area is 243 Å². The van der Waals surface area contributed by atoms with Gasteiger partial charge in [0.05, 0.1) is 24.6 Å². The lowest BCUT2D eigenvalue weighted by Crippen LogP contribution is -2.58. The fourth-order valence-electron chi connectivity index (χ4n) is 4.58. The number of aliphatic carboxylic acids is 1. The Kier molecular flexibility index (Phi) is 10.4.